The Morgan fingerprint density at radius 2 is 1.93 bits per heavy atom. The summed E-state index contributed by atoms with van der Waals surface area (Å²) in [6, 6.07) is 11.5. The highest BCUT2D eigenvalue weighted by Crippen LogP contribution is 2.35. The molecule has 0 radical (unpaired) electrons. The molecule has 2 aliphatic rings. The van der Waals surface area contributed by atoms with Gasteiger partial charge in [0.25, 0.3) is 5.56 Å². The molecule has 29 heavy (non-hydrogen) atoms. The molecule has 1 amide bonds. The van der Waals surface area contributed by atoms with Gasteiger partial charge >= 0.3 is 0 Å². The fourth-order valence-corrected chi connectivity index (χ4v) is 4.53. The second-order valence-corrected chi connectivity index (χ2v) is 8.29. The molecular formula is C23H25ClN2O3. The van der Waals surface area contributed by atoms with E-state index >= 15 is 0 Å². The van der Waals surface area contributed by atoms with Gasteiger partial charge in [0, 0.05) is 48.9 Å². The summed E-state index contributed by atoms with van der Waals surface area (Å²) < 4.78 is 6.95. The maximum atomic E-state index is 13.1. The highest BCUT2D eigenvalue weighted by Gasteiger charge is 2.36. The van der Waals surface area contributed by atoms with Crippen LogP contribution in [0, 0.1) is 5.92 Å². The van der Waals surface area contributed by atoms with Crippen molar-refractivity contribution < 1.29 is 9.53 Å². The predicted molar refractivity (Wildman–Crippen MR) is 115 cm³/mol. The monoisotopic (exact) mass is 412 g/mol. The molecule has 2 atom stereocenters. The number of benzene rings is 1. The van der Waals surface area contributed by atoms with Crippen molar-refractivity contribution in [1.82, 2.24) is 9.47 Å². The number of rotatable bonds is 5. The molecule has 0 unspecified atom stereocenters. The zero-order valence-corrected chi connectivity index (χ0v) is 17.3. The first-order valence-corrected chi connectivity index (χ1v) is 10.4. The summed E-state index contributed by atoms with van der Waals surface area (Å²) in [4.78, 5) is 27.4. The van der Waals surface area contributed by atoms with Crippen molar-refractivity contribution in [3.05, 3.63) is 68.6 Å². The van der Waals surface area contributed by atoms with Crippen LogP contribution in [0.3, 0.4) is 0 Å². The lowest BCUT2D eigenvalue weighted by atomic mass is 9.83. The number of aromatic nitrogens is 1. The van der Waals surface area contributed by atoms with Crippen molar-refractivity contribution in [2.75, 3.05) is 26.8 Å². The minimum absolute atomic E-state index is 0.0431. The molecule has 6 heteroatoms. The lowest BCUT2D eigenvalue weighted by molar-refractivity contribution is -0.134. The first-order chi connectivity index (χ1) is 14.0. The van der Waals surface area contributed by atoms with E-state index in [9.17, 15) is 9.59 Å². The predicted octanol–water partition coefficient (Wildman–Crippen LogP) is 3.65. The number of likely N-dealkylation sites (tertiary alicyclic amines) is 1. The van der Waals surface area contributed by atoms with Gasteiger partial charge in [-0.1, -0.05) is 29.8 Å². The third-order valence-electron chi connectivity index (χ3n) is 5.83. The van der Waals surface area contributed by atoms with Crippen LogP contribution >= 0.6 is 11.6 Å². The number of hydrogen-bond acceptors (Lipinski definition) is 3. The molecule has 2 aromatic rings. The summed E-state index contributed by atoms with van der Waals surface area (Å²) in [5.41, 5.74) is 2.76. The highest BCUT2D eigenvalue weighted by molar-refractivity contribution is 6.30. The normalized spacial score (nSPS) is 20.7. The number of pyridine rings is 1. The second kappa shape index (κ2) is 8.56. The van der Waals surface area contributed by atoms with E-state index in [2.05, 4.69) is 0 Å². The van der Waals surface area contributed by atoms with Crippen LogP contribution in [0.1, 0.15) is 35.6 Å². The number of hydrogen-bond donors (Lipinski definition) is 0. The standard InChI is InChI=1S/C23H25ClN2O3/c1-29-11-10-22(27)25-13-17-12-19(15-25)21-9-6-18(23(28)26(21)14-17)5-2-16-3-7-20(24)8-4-16/h2-9,17,19H,10-15H2,1H3/t17-,19-/m1/s1. The highest BCUT2D eigenvalue weighted by atomic mass is 35.5. The Kier molecular flexibility index (Phi) is 5.88. The molecule has 1 fully saturated rings. The minimum Gasteiger partial charge on any atom is -0.384 e. The van der Waals surface area contributed by atoms with Gasteiger partial charge in [0.2, 0.25) is 5.91 Å². The van der Waals surface area contributed by atoms with Crippen molar-refractivity contribution >= 4 is 29.7 Å². The number of methoxy groups -OCH3 is 1. The van der Waals surface area contributed by atoms with E-state index < -0.39 is 0 Å². The van der Waals surface area contributed by atoms with Crippen molar-refractivity contribution in [3.63, 3.8) is 0 Å². The van der Waals surface area contributed by atoms with Crippen molar-refractivity contribution in [2.24, 2.45) is 5.92 Å². The van der Waals surface area contributed by atoms with Gasteiger partial charge in [0.1, 0.15) is 0 Å². The summed E-state index contributed by atoms with van der Waals surface area (Å²) in [5, 5.41) is 0.692. The van der Waals surface area contributed by atoms with Gasteiger partial charge in [0.05, 0.1) is 13.0 Å². The zero-order valence-electron chi connectivity index (χ0n) is 16.5. The molecule has 4 rings (SSSR count). The van der Waals surface area contributed by atoms with E-state index in [1.165, 1.54) is 0 Å². The van der Waals surface area contributed by atoms with Gasteiger partial charge < -0.3 is 14.2 Å². The van der Waals surface area contributed by atoms with Crippen molar-refractivity contribution in [3.8, 4) is 0 Å². The maximum absolute atomic E-state index is 13.1. The first-order valence-electron chi connectivity index (χ1n) is 9.99. The Hall–Kier alpha value is -2.37. The molecule has 5 nitrogen and oxygen atoms in total. The van der Waals surface area contributed by atoms with Crippen LogP contribution in [0.25, 0.3) is 12.2 Å². The number of amides is 1. The maximum Gasteiger partial charge on any atom is 0.258 e. The van der Waals surface area contributed by atoms with Gasteiger partial charge in [-0.25, -0.2) is 0 Å². The van der Waals surface area contributed by atoms with Gasteiger partial charge in [-0.05, 0) is 48.2 Å². The number of carbonyl (C=O) groups excluding carboxylic acids is 1. The smallest absolute Gasteiger partial charge is 0.258 e. The Morgan fingerprint density at radius 3 is 2.69 bits per heavy atom. The number of carbonyl (C=O) groups is 1. The SMILES string of the molecule is COCCC(=O)N1C[C@H]2C[C@H](C1)c1ccc(C=Cc3ccc(Cl)cc3)c(=O)n1C2. The lowest BCUT2D eigenvalue weighted by Gasteiger charge is -2.43. The Morgan fingerprint density at radius 1 is 1.14 bits per heavy atom. The Labute approximate surface area is 175 Å². The first kappa shape index (κ1) is 19.9. The van der Waals surface area contributed by atoms with E-state index in [0.717, 1.165) is 24.2 Å². The second-order valence-electron chi connectivity index (χ2n) is 7.85. The van der Waals surface area contributed by atoms with Crippen LogP contribution in [0.4, 0.5) is 0 Å². The summed E-state index contributed by atoms with van der Waals surface area (Å²) in [6.07, 6.45) is 5.24. The number of ether oxygens (including phenoxy) is 1. The molecule has 3 heterocycles. The van der Waals surface area contributed by atoms with E-state index in [0.29, 0.717) is 42.6 Å². The van der Waals surface area contributed by atoms with Crippen LogP contribution in [0.15, 0.2) is 41.2 Å². The van der Waals surface area contributed by atoms with Crippen molar-refractivity contribution in [2.45, 2.75) is 25.3 Å². The van der Waals surface area contributed by atoms with E-state index in [-0.39, 0.29) is 17.4 Å². The molecule has 0 aliphatic carbocycles. The fraction of sp³-hybridized carbons (Fsp3) is 0.391. The van der Waals surface area contributed by atoms with Gasteiger partial charge in [-0.2, -0.15) is 0 Å². The quantitative estimate of drug-likeness (QED) is 0.753. The number of nitrogens with zero attached hydrogens (tertiary/aromatic N) is 2. The molecule has 2 bridgehead atoms. The number of piperidine rings is 1. The summed E-state index contributed by atoms with van der Waals surface area (Å²) >= 11 is 5.93. The molecular weight excluding hydrogens is 388 g/mol. The third kappa shape index (κ3) is 4.31. The minimum atomic E-state index is 0.0431. The molecule has 2 aliphatic heterocycles. The summed E-state index contributed by atoms with van der Waals surface area (Å²) in [7, 11) is 1.61. The molecule has 1 aromatic carbocycles. The Balaban J connectivity index is 1.55. The van der Waals surface area contributed by atoms with Gasteiger partial charge in [-0.3, -0.25) is 9.59 Å². The molecule has 0 N–H and O–H groups in total. The zero-order chi connectivity index (χ0) is 20.4. The van der Waals surface area contributed by atoms with E-state index in [1.807, 2.05) is 58.0 Å². The number of halogens is 1. The summed E-state index contributed by atoms with van der Waals surface area (Å²) in [5.74, 6) is 0.678. The molecule has 1 saturated heterocycles. The third-order valence-corrected chi connectivity index (χ3v) is 6.08. The van der Waals surface area contributed by atoms with Crippen LogP contribution < -0.4 is 5.56 Å². The lowest BCUT2D eigenvalue weighted by Crippen LogP contribution is -2.49. The van der Waals surface area contributed by atoms with Crippen LogP contribution in [0.2, 0.25) is 5.02 Å². The average Bonchev–Trinajstić information content (AvgIpc) is 2.73. The molecule has 1 aromatic heterocycles. The summed E-state index contributed by atoms with van der Waals surface area (Å²) in [6.45, 7) is 2.51. The van der Waals surface area contributed by atoms with Gasteiger partial charge in [-0.15, -0.1) is 0 Å². The van der Waals surface area contributed by atoms with E-state index in [4.69, 9.17) is 16.3 Å². The van der Waals surface area contributed by atoms with Gasteiger partial charge in [0.15, 0.2) is 0 Å². The molecule has 152 valence electrons. The topological polar surface area (TPSA) is 51.5 Å². The Bertz CT molecular complexity index is 981. The molecule has 0 saturated carbocycles. The molecule has 0 spiro atoms. The van der Waals surface area contributed by atoms with Crippen LogP contribution in [-0.2, 0) is 16.1 Å². The van der Waals surface area contributed by atoms with Crippen molar-refractivity contribution in [1.29, 1.82) is 0 Å². The van der Waals surface area contributed by atoms with Crippen LogP contribution in [0.5, 0.6) is 0 Å². The number of fused-ring (bicyclic) bond motifs is 4. The van der Waals surface area contributed by atoms with Crippen LogP contribution in [-0.4, -0.2) is 42.2 Å². The average molecular weight is 413 g/mol. The van der Waals surface area contributed by atoms with E-state index in [1.54, 1.807) is 7.11 Å². The fourth-order valence-electron chi connectivity index (χ4n) is 4.40. The largest absolute Gasteiger partial charge is 0.384 e.